The summed E-state index contributed by atoms with van der Waals surface area (Å²) in [5, 5.41) is 2.18. The zero-order valence-corrected chi connectivity index (χ0v) is 31.7. The Morgan fingerprint density at radius 1 is 0.328 bits per heavy atom. The zero-order chi connectivity index (χ0) is 38.5. The standard InChI is InChI=1S/C55H38N2O/c1-4-18-39(19-5-1)55(49-29-13-10-26-46(49)47-27-11-14-30-50(47)55)40-34-36-43(37-35-40)56(41-20-6-2-7-21-41)44-24-16-25-45(38-44)57(42-22-8-3-9-23-42)51-31-17-33-53-54(51)48-28-12-15-32-52(48)58-53/h1-38H. The van der Waals surface area contributed by atoms with Crippen molar-refractivity contribution >= 4 is 56.1 Å². The first kappa shape index (κ1) is 33.7. The van der Waals surface area contributed by atoms with Gasteiger partial charge in [-0.1, -0.05) is 158 Å². The summed E-state index contributed by atoms with van der Waals surface area (Å²) in [7, 11) is 0. The normalized spacial score (nSPS) is 12.6. The predicted molar refractivity (Wildman–Crippen MR) is 240 cm³/mol. The molecule has 3 nitrogen and oxygen atoms in total. The molecule has 9 aromatic carbocycles. The second-order valence-corrected chi connectivity index (χ2v) is 14.9. The molecule has 11 rings (SSSR count). The molecule has 0 amide bonds. The Kier molecular flexibility index (Phi) is 8.04. The first-order valence-corrected chi connectivity index (χ1v) is 19.9. The van der Waals surface area contributed by atoms with Crippen molar-refractivity contribution in [3.05, 3.63) is 253 Å². The van der Waals surface area contributed by atoms with Crippen molar-refractivity contribution in [1.82, 2.24) is 0 Å². The highest BCUT2D eigenvalue weighted by Gasteiger charge is 2.45. The van der Waals surface area contributed by atoms with Gasteiger partial charge in [0.15, 0.2) is 0 Å². The maximum Gasteiger partial charge on any atom is 0.137 e. The van der Waals surface area contributed by atoms with E-state index in [1.165, 1.54) is 33.4 Å². The molecule has 1 aliphatic rings. The van der Waals surface area contributed by atoms with Crippen LogP contribution in [-0.4, -0.2) is 0 Å². The zero-order valence-electron chi connectivity index (χ0n) is 31.7. The van der Waals surface area contributed by atoms with Gasteiger partial charge in [-0.2, -0.15) is 0 Å². The molecule has 0 saturated carbocycles. The third-order valence-electron chi connectivity index (χ3n) is 11.7. The van der Waals surface area contributed by atoms with Crippen molar-refractivity contribution in [3.8, 4) is 11.1 Å². The van der Waals surface area contributed by atoms with Gasteiger partial charge in [0, 0.05) is 33.8 Å². The smallest absolute Gasteiger partial charge is 0.137 e. The van der Waals surface area contributed by atoms with E-state index >= 15 is 0 Å². The summed E-state index contributed by atoms with van der Waals surface area (Å²) in [4.78, 5) is 4.70. The van der Waals surface area contributed by atoms with E-state index in [4.69, 9.17) is 4.42 Å². The lowest BCUT2D eigenvalue weighted by Gasteiger charge is -2.34. The van der Waals surface area contributed by atoms with E-state index in [1.807, 2.05) is 12.1 Å². The second-order valence-electron chi connectivity index (χ2n) is 14.9. The molecule has 274 valence electrons. The molecule has 0 saturated heterocycles. The number of rotatable bonds is 8. The number of fused-ring (bicyclic) bond motifs is 6. The minimum atomic E-state index is -0.459. The molecule has 1 aliphatic carbocycles. The third-order valence-corrected chi connectivity index (χ3v) is 11.7. The second kappa shape index (κ2) is 13.8. The van der Waals surface area contributed by atoms with Gasteiger partial charge in [0.1, 0.15) is 11.2 Å². The van der Waals surface area contributed by atoms with Crippen LogP contribution < -0.4 is 9.80 Å². The third kappa shape index (κ3) is 5.28. The summed E-state index contributed by atoms with van der Waals surface area (Å²) in [5.41, 5.74) is 15.3. The number of para-hydroxylation sites is 3. The molecular weight excluding hydrogens is 705 g/mol. The fourth-order valence-corrected chi connectivity index (χ4v) is 9.31. The lowest BCUT2D eigenvalue weighted by molar-refractivity contribution is 0.669. The average Bonchev–Trinajstić information content (AvgIpc) is 3.83. The molecule has 0 radical (unpaired) electrons. The number of furan rings is 1. The van der Waals surface area contributed by atoms with Crippen LogP contribution in [0.4, 0.5) is 34.1 Å². The number of hydrogen-bond acceptors (Lipinski definition) is 3. The molecule has 0 fully saturated rings. The van der Waals surface area contributed by atoms with Crippen LogP contribution in [0.25, 0.3) is 33.1 Å². The van der Waals surface area contributed by atoms with Crippen molar-refractivity contribution in [3.63, 3.8) is 0 Å². The van der Waals surface area contributed by atoms with E-state index in [9.17, 15) is 0 Å². The quantitative estimate of drug-likeness (QED) is 0.155. The van der Waals surface area contributed by atoms with Crippen molar-refractivity contribution < 1.29 is 4.42 Å². The molecule has 0 spiro atoms. The summed E-state index contributed by atoms with van der Waals surface area (Å²) in [6, 6.07) is 82.8. The van der Waals surface area contributed by atoms with Crippen LogP contribution in [0.2, 0.25) is 0 Å². The van der Waals surface area contributed by atoms with Crippen LogP contribution in [0.1, 0.15) is 22.3 Å². The lowest BCUT2D eigenvalue weighted by Crippen LogP contribution is -2.28. The molecule has 0 bridgehead atoms. The lowest BCUT2D eigenvalue weighted by atomic mass is 9.68. The first-order valence-electron chi connectivity index (χ1n) is 19.9. The fraction of sp³-hybridized carbons (Fsp3) is 0.0182. The molecule has 0 N–H and O–H groups in total. The Morgan fingerprint density at radius 3 is 1.47 bits per heavy atom. The highest BCUT2D eigenvalue weighted by atomic mass is 16.3. The van der Waals surface area contributed by atoms with Crippen molar-refractivity contribution in [1.29, 1.82) is 0 Å². The van der Waals surface area contributed by atoms with Crippen molar-refractivity contribution in [2.24, 2.45) is 0 Å². The summed E-state index contributed by atoms with van der Waals surface area (Å²) in [6.07, 6.45) is 0. The minimum absolute atomic E-state index is 0.459. The largest absolute Gasteiger partial charge is 0.456 e. The maximum absolute atomic E-state index is 6.38. The summed E-state index contributed by atoms with van der Waals surface area (Å²) < 4.78 is 6.38. The molecule has 1 aromatic heterocycles. The Morgan fingerprint density at radius 2 is 0.793 bits per heavy atom. The summed E-state index contributed by atoms with van der Waals surface area (Å²) >= 11 is 0. The molecule has 0 aliphatic heterocycles. The number of benzene rings is 9. The molecule has 0 unspecified atom stereocenters. The van der Waals surface area contributed by atoms with E-state index in [-0.39, 0.29) is 0 Å². The van der Waals surface area contributed by atoms with E-state index in [0.29, 0.717) is 0 Å². The highest BCUT2D eigenvalue weighted by Crippen LogP contribution is 2.56. The number of anilines is 6. The van der Waals surface area contributed by atoms with E-state index < -0.39 is 5.41 Å². The Hall–Kier alpha value is -7.62. The molecule has 10 aromatic rings. The van der Waals surface area contributed by atoms with E-state index in [2.05, 4.69) is 228 Å². The SMILES string of the molecule is c1ccc(N(c2ccc(C3(c4ccccc4)c4ccccc4-c4ccccc43)cc2)c2cccc(N(c3ccccc3)c3cccc4oc5ccccc5c34)c2)cc1. The van der Waals surface area contributed by atoms with Gasteiger partial charge in [0.25, 0.3) is 0 Å². The van der Waals surface area contributed by atoms with Gasteiger partial charge in [-0.25, -0.2) is 0 Å². The Labute approximate surface area is 338 Å². The van der Waals surface area contributed by atoms with E-state index in [1.54, 1.807) is 0 Å². The molecule has 0 atom stereocenters. The van der Waals surface area contributed by atoms with Crippen LogP contribution in [0.3, 0.4) is 0 Å². The molecular formula is C55H38N2O. The van der Waals surface area contributed by atoms with Gasteiger partial charge >= 0.3 is 0 Å². The maximum atomic E-state index is 6.38. The predicted octanol–water partition coefficient (Wildman–Crippen LogP) is 14.9. The van der Waals surface area contributed by atoms with Gasteiger partial charge in [-0.05, 0) is 106 Å². The van der Waals surface area contributed by atoms with E-state index in [0.717, 1.165) is 56.1 Å². The Balaban J connectivity index is 1.08. The average molecular weight is 743 g/mol. The first-order chi connectivity index (χ1) is 28.8. The molecule has 1 heterocycles. The minimum Gasteiger partial charge on any atom is -0.456 e. The Bertz CT molecular complexity index is 3020. The van der Waals surface area contributed by atoms with Crippen LogP contribution in [0.15, 0.2) is 235 Å². The summed E-state index contributed by atoms with van der Waals surface area (Å²) in [6.45, 7) is 0. The number of hydrogen-bond donors (Lipinski definition) is 0. The van der Waals surface area contributed by atoms with Crippen molar-refractivity contribution in [2.75, 3.05) is 9.80 Å². The fourth-order valence-electron chi connectivity index (χ4n) is 9.31. The highest BCUT2D eigenvalue weighted by molar-refractivity contribution is 6.13. The topological polar surface area (TPSA) is 19.6 Å². The van der Waals surface area contributed by atoms with Crippen LogP contribution >= 0.6 is 0 Å². The monoisotopic (exact) mass is 742 g/mol. The number of nitrogens with zero attached hydrogens (tertiary/aromatic N) is 2. The molecule has 58 heavy (non-hydrogen) atoms. The van der Waals surface area contributed by atoms with Gasteiger partial charge < -0.3 is 14.2 Å². The van der Waals surface area contributed by atoms with Crippen LogP contribution in [0, 0.1) is 0 Å². The molecule has 3 heteroatoms. The van der Waals surface area contributed by atoms with Crippen LogP contribution in [-0.2, 0) is 5.41 Å². The van der Waals surface area contributed by atoms with Gasteiger partial charge in [-0.15, -0.1) is 0 Å². The van der Waals surface area contributed by atoms with Crippen LogP contribution in [0.5, 0.6) is 0 Å². The van der Waals surface area contributed by atoms with Crippen molar-refractivity contribution in [2.45, 2.75) is 5.41 Å². The summed E-state index contributed by atoms with van der Waals surface area (Å²) in [5.74, 6) is 0. The van der Waals surface area contributed by atoms with Gasteiger partial charge in [0.2, 0.25) is 0 Å². The van der Waals surface area contributed by atoms with Gasteiger partial charge in [0.05, 0.1) is 16.5 Å². The van der Waals surface area contributed by atoms with Gasteiger partial charge in [-0.3, -0.25) is 0 Å².